The highest BCUT2D eigenvalue weighted by Crippen LogP contribution is 2.16. The number of hydrogen-bond acceptors (Lipinski definition) is 4. The minimum absolute atomic E-state index is 0.0749. The van der Waals surface area contributed by atoms with Crippen molar-refractivity contribution in [3.63, 3.8) is 0 Å². The normalized spacial score (nSPS) is 23.3. The summed E-state index contributed by atoms with van der Waals surface area (Å²) in [5.74, 6) is -0.972. The molecule has 0 bridgehead atoms. The quantitative estimate of drug-likeness (QED) is 0.516. The topological polar surface area (TPSA) is 63.6 Å². The van der Waals surface area contributed by atoms with Gasteiger partial charge in [-0.05, 0) is 6.08 Å². The Kier molecular flexibility index (Phi) is 2.05. The third-order valence-electron chi connectivity index (χ3n) is 1.51. The average molecular weight is 156 g/mol. The zero-order chi connectivity index (χ0) is 8.43. The van der Waals surface area contributed by atoms with E-state index in [0.717, 1.165) is 6.08 Å². The molecule has 0 saturated carbocycles. The van der Waals surface area contributed by atoms with Crippen LogP contribution in [0.4, 0.5) is 0 Å². The summed E-state index contributed by atoms with van der Waals surface area (Å²) in [5.41, 5.74) is 0.241. The Morgan fingerprint density at radius 1 is 1.82 bits per heavy atom. The molecule has 1 atom stereocenters. The standard InChI is InChI=1S/C7H8O4/c1-11-7(10)4-2-5(8)6(9)3-4/h2,6,9H,3H2,1H3/t6-/m1/s1. The predicted octanol–water partition coefficient (Wildman–Crippen LogP) is -0.581. The number of ketones is 1. The lowest BCUT2D eigenvalue weighted by atomic mass is 10.2. The maximum Gasteiger partial charge on any atom is 0.333 e. The van der Waals surface area contributed by atoms with Gasteiger partial charge in [0.25, 0.3) is 0 Å². The van der Waals surface area contributed by atoms with Gasteiger partial charge in [0.05, 0.1) is 7.11 Å². The Labute approximate surface area is 63.5 Å². The molecule has 0 radical (unpaired) electrons. The fourth-order valence-electron chi connectivity index (χ4n) is 0.909. The number of hydrogen-bond donors (Lipinski definition) is 1. The number of carbonyl (C=O) groups excluding carboxylic acids is 2. The van der Waals surface area contributed by atoms with Gasteiger partial charge in [0, 0.05) is 12.0 Å². The third-order valence-corrected chi connectivity index (χ3v) is 1.51. The molecular formula is C7H8O4. The van der Waals surface area contributed by atoms with Crippen LogP contribution in [0.1, 0.15) is 6.42 Å². The molecule has 60 valence electrons. The van der Waals surface area contributed by atoms with Crippen LogP contribution in [-0.4, -0.2) is 30.1 Å². The predicted molar refractivity (Wildman–Crippen MR) is 35.7 cm³/mol. The van der Waals surface area contributed by atoms with Gasteiger partial charge in [0.2, 0.25) is 0 Å². The van der Waals surface area contributed by atoms with Crippen LogP contribution in [-0.2, 0) is 14.3 Å². The van der Waals surface area contributed by atoms with Crippen molar-refractivity contribution in [3.05, 3.63) is 11.6 Å². The van der Waals surface area contributed by atoms with E-state index in [1.165, 1.54) is 7.11 Å². The minimum atomic E-state index is -1.05. The lowest BCUT2D eigenvalue weighted by Gasteiger charge is -1.98. The van der Waals surface area contributed by atoms with Gasteiger partial charge in [0.15, 0.2) is 5.78 Å². The summed E-state index contributed by atoms with van der Waals surface area (Å²) < 4.78 is 4.36. The highest BCUT2D eigenvalue weighted by molar-refractivity contribution is 6.05. The number of aliphatic hydroxyl groups excluding tert-OH is 1. The SMILES string of the molecule is COC(=O)C1=CC(=O)[C@H](O)C1. The highest BCUT2D eigenvalue weighted by atomic mass is 16.5. The second-order valence-corrected chi connectivity index (χ2v) is 2.28. The van der Waals surface area contributed by atoms with E-state index < -0.39 is 17.9 Å². The first-order valence-electron chi connectivity index (χ1n) is 3.16. The molecule has 0 amide bonds. The fourth-order valence-corrected chi connectivity index (χ4v) is 0.909. The summed E-state index contributed by atoms with van der Waals surface area (Å²) >= 11 is 0. The smallest absolute Gasteiger partial charge is 0.333 e. The number of ether oxygens (including phenoxy) is 1. The van der Waals surface area contributed by atoms with Crippen molar-refractivity contribution >= 4 is 11.8 Å². The molecule has 11 heavy (non-hydrogen) atoms. The van der Waals surface area contributed by atoms with Gasteiger partial charge in [-0.15, -0.1) is 0 Å². The molecule has 4 nitrogen and oxygen atoms in total. The summed E-state index contributed by atoms with van der Waals surface area (Å²) in [6.45, 7) is 0. The molecule has 0 heterocycles. The lowest BCUT2D eigenvalue weighted by Crippen LogP contribution is -2.12. The Hall–Kier alpha value is -1.16. The second-order valence-electron chi connectivity index (χ2n) is 2.28. The molecule has 1 rings (SSSR count). The molecule has 0 fully saturated rings. The van der Waals surface area contributed by atoms with Crippen molar-refractivity contribution in [3.8, 4) is 0 Å². The molecule has 0 aromatic carbocycles. The first kappa shape index (κ1) is 7.94. The summed E-state index contributed by atoms with van der Waals surface area (Å²) in [6, 6.07) is 0. The number of carbonyl (C=O) groups is 2. The lowest BCUT2D eigenvalue weighted by molar-refractivity contribution is -0.136. The first-order valence-corrected chi connectivity index (χ1v) is 3.16. The molecule has 0 aliphatic heterocycles. The Balaban J connectivity index is 2.71. The van der Waals surface area contributed by atoms with Crippen molar-refractivity contribution in [2.75, 3.05) is 7.11 Å². The Bertz CT molecular complexity index is 229. The van der Waals surface area contributed by atoms with Gasteiger partial charge in [-0.25, -0.2) is 4.79 Å². The van der Waals surface area contributed by atoms with Crippen LogP contribution in [0.2, 0.25) is 0 Å². The van der Waals surface area contributed by atoms with Crippen LogP contribution in [0.15, 0.2) is 11.6 Å². The molecule has 0 spiro atoms. The van der Waals surface area contributed by atoms with Crippen molar-refractivity contribution in [2.24, 2.45) is 0 Å². The molecule has 1 aliphatic rings. The van der Waals surface area contributed by atoms with Crippen molar-refractivity contribution in [1.29, 1.82) is 0 Å². The van der Waals surface area contributed by atoms with Gasteiger partial charge >= 0.3 is 5.97 Å². The van der Waals surface area contributed by atoms with Crippen molar-refractivity contribution in [2.45, 2.75) is 12.5 Å². The van der Waals surface area contributed by atoms with Gasteiger partial charge < -0.3 is 9.84 Å². The van der Waals surface area contributed by atoms with E-state index in [4.69, 9.17) is 5.11 Å². The van der Waals surface area contributed by atoms with Crippen molar-refractivity contribution in [1.82, 2.24) is 0 Å². The highest BCUT2D eigenvalue weighted by Gasteiger charge is 2.27. The van der Waals surface area contributed by atoms with Gasteiger partial charge in [-0.1, -0.05) is 0 Å². The molecular weight excluding hydrogens is 148 g/mol. The average Bonchev–Trinajstić information content (AvgIpc) is 2.31. The van der Waals surface area contributed by atoms with E-state index in [1.807, 2.05) is 0 Å². The first-order chi connectivity index (χ1) is 5.15. The summed E-state index contributed by atoms with van der Waals surface area (Å²) in [6.07, 6.45) is 0.145. The Morgan fingerprint density at radius 2 is 2.45 bits per heavy atom. The minimum Gasteiger partial charge on any atom is -0.466 e. The third kappa shape index (κ3) is 1.46. The number of methoxy groups -OCH3 is 1. The molecule has 0 unspecified atom stereocenters. The summed E-state index contributed by atoms with van der Waals surface area (Å²) in [4.78, 5) is 21.4. The molecule has 0 aromatic heterocycles. The van der Waals surface area contributed by atoms with Gasteiger partial charge in [-0.3, -0.25) is 4.79 Å². The number of rotatable bonds is 1. The summed E-state index contributed by atoms with van der Waals surface area (Å²) in [5, 5.41) is 8.90. The van der Waals surface area contributed by atoms with Crippen LogP contribution in [0, 0.1) is 0 Å². The number of esters is 1. The maximum atomic E-state index is 10.8. The maximum absolute atomic E-state index is 10.8. The largest absolute Gasteiger partial charge is 0.466 e. The zero-order valence-corrected chi connectivity index (χ0v) is 6.03. The van der Waals surface area contributed by atoms with Gasteiger partial charge in [-0.2, -0.15) is 0 Å². The van der Waals surface area contributed by atoms with Crippen LogP contribution in [0.3, 0.4) is 0 Å². The van der Waals surface area contributed by atoms with Crippen LogP contribution < -0.4 is 0 Å². The van der Waals surface area contributed by atoms with Crippen molar-refractivity contribution < 1.29 is 19.4 Å². The van der Waals surface area contributed by atoms with Crippen LogP contribution in [0.5, 0.6) is 0 Å². The van der Waals surface area contributed by atoms with E-state index in [0.29, 0.717) is 0 Å². The monoisotopic (exact) mass is 156 g/mol. The molecule has 1 N–H and O–H groups in total. The molecule has 0 aromatic rings. The zero-order valence-electron chi connectivity index (χ0n) is 6.03. The number of aliphatic hydroxyl groups is 1. The fraction of sp³-hybridized carbons (Fsp3) is 0.429. The van der Waals surface area contributed by atoms with Gasteiger partial charge in [0.1, 0.15) is 6.10 Å². The van der Waals surface area contributed by atoms with Crippen LogP contribution in [0.25, 0.3) is 0 Å². The summed E-state index contributed by atoms with van der Waals surface area (Å²) in [7, 11) is 1.23. The second kappa shape index (κ2) is 2.84. The molecule has 1 aliphatic carbocycles. The van der Waals surface area contributed by atoms with E-state index in [9.17, 15) is 9.59 Å². The molecule has 4 heteroatoms. The van der Waals surface area contributed by atoms with E-state index in [1.54, 1.807) is 0 Å². The van der Waals surface area contributed by atoms with Crippen LogP contribution >= 0.6 is 0 Å². The van der Waals surface area contributed by atoms with E-state index >= 15 is 0 Å². The van der Waals surface area contributed by atoms with E-state index in [2.05, 4.69) is 4.74 Å². The molecule has 0 saturated heterocycles. The van der Waals surface area contributed by atoms with E-state index in [-0.39, 0.29) is 12.0 Å². The Morgan fingerprint density at radius 3 is 2.82 bits per heavy atom.